The van der Waals surface area contributed by atoms with Gasteiger partial charge in [-0.1, -0.05) is 18.2 Å². The number of aryl methyl sites for hydroxylation is 1. The lowest BCUT2D eigenvalue weighted by Crippen LogP contribution is -2.09. The van der Waals surface area contributed by atoms with Gasteiger partial charge >= 0.3 is 10.1 Å². The molecule has 1 aromatic heterocycles. The van der Waals surface area contributed by atoms with E-state index in [9.17, 15) is 8.42 Å². The minimum Gasteiger partial charge on any atom is -0.502 e. The van der Waals surface area contributed by atoms with Crippen LogP contribution in [-0.2, 0) is 16.5 Å². The number of hydrogen-bond acceptors (Lipinski definition) is 6. The van der Waals surface area contributed by atoms with Crippen molar-refractivity contribution in [3.8, 4) is 5.88 Å². The molecule has 0 saturated heterocycles. The summed E-state index contributed by atoms with van der Waals surface area (Å²) in [7, 11) is -3.93. The van der Waals surface area contributed by atoms with E-state index in [2.05, 4.69) is 17.4 Å². The number of hydrogen-bond donors (Lipinski definition) is 1. The summed E-state index contributed by atoms with van der Waals surface area (Å²) in [6.45, 7) is 0. The molecule has 0 aliphatic rings. The third kappa shape index (κ3) is 3.78. The van der Waals surface area contributed by atoms with Crippen LogP contribution in [0.2, 0.25) is 0 Å². The predicted octanol–water partition coefficient (Wildman–Crippen LogP) is 2.26. The number of aromatic nitrogens is 1. The topological polar surface area (TPSA) is 89.6 Å². The zero-order valence-corrected chi connectivity index (χ0v) is 11.9. The molecule has 106 valence electrons. The summed E-state index contributed by atoms with van der Waals surface area (Å²) in [6, 6.07) is 9.06. The standard InChI is InChI=1S/C12H11NO5S2/c14-12(19)7-6-9-8-11(13-17-9)18-20(15,16)10-4-2-1-3-5-10/h1-5,8H,6-7H2,(H,14,19). The number of nitrogens with zero attached hydrogens (tertiary/aromatic N) is 1. The van der Waals surface area contributed by atoms with Crippen LogP contribution in [0, 0.1) is 0 Å². The van der Waals surface area contributed by atoms with Crippen molar-refractivity contribution in [2.75, 3.05) is 0 Å². The summed E-state index contributed by atoms with van der Waals surface area (Å²) >= 11 is 4.52. The fourth-order valence-electron chi connectivity index (χ4n) is 1.43. The Labute approximate surface area is 121 Å². The molecule has 0 aliphatic heterocycles. The van der Waals surface area contributed by atoms with E-state index in [1.165, 1.54) is 18.2 Å². The molecule has 0 bridgehead atoms. The molecule has 0 radical (unpaired) electrons. The maximum Gasteiger partial charge on any atom is 0.340 e. The summed E-state index contributed by atoms with van der Waals surface area (Å²) < 4.78 is 33.6. The van der Waals surface area contributed by atoms with Gasteiger partial charge in [0.05, 0.1) is 0 Å². The highest BCUT2D eigenvalue weighted by Crippen LogP contribution is 2.19. The first-order chi connectivity index (χ1) is 9.47. The normalized spacial score (nSPS) is 11.2. The maximum atomic E-state index is 11.9. The van der Waals surface area contributed by atoms with E-state index >= 15 is 0 Å². The van der Waals surface area contributed by atoms with Gasteiger partial charge in [-0.15, -0.1) is 0 Å². The fourth-order valence-corrected chi connectivity index (χ4v) is 2.42. The third-order valence-electron chi connectivity index (χ3n) is 2.35. The largest absolute Gasteiger partial charge is 0.502 e. The molecule has 2 rings (SSSR count). The number of thiocarbonyl (C=S) groups is 1. The van der Waals surface area contributed by atoms with Gasteiger partial charge in [-0.25, -0.2) is 0 Å². The first kappa shape index (κ1) is 14.5. The number of aliphatic hydroxyl groups excluding tert-OH is 1. The molecule has 1 heterocycles. The van der Waals surface area contributed by atoms with Gasteiger partial charge in [-0.05, 0) is 29.5 Å². The zero-order valence-electron chi connectivity index (χ0n) is 10.2. The number of rotatable bonds is 6. The van der Waals surface area contributed by atoms with E-state index in [4.69, 9.17) is 13.8 Å². The molecule has 2 aromatic rings. The molecule has 6 nitrogen and oxygen atoms in total. The molecule has 0 spiro atoms. The average molecular weight is 313 g/mol. The second kappa shape index (κ2) is 6.02. The zero-order chi connectivity index (χ0) is 14.6. The predicted molar refractivity (Wildman–Crippen MR) is 74.3 cm³/mol. The highest BCUT2D eigenvalue weighted by atomic mass is 32.2. The Morgan fingerprint density at radius 1 is 1.35 bits per heavy atom. The molecule has 0 atom stereocenters. The van der Waals surface area contributed by atoms with Crippen LogP contribution >= 0.6 is 12.2 Å². The third-order valence-corrected chi connectivity index (χ3v) is 3.79. The summed E-state index contributed by atoms with van der Waals surface area (Å²) in [5.41, 5.74) is 0. The van der Waals surface area contributed by atoms with Crippen molar-refractivity contribution in [1.29, 1.82) is 0 Å². The van der Waals surface area contributed by atoms with E-state index in [0.717, 1.165) is 0 Å². The molecule has 8 heteroatoms. The molecule has 0 unspecified atom stereocenters. The van der Waals surface area contributed by atoms with Crippen LogP contribution in [0.15, 0.2) is 45.8 Å². The van der Waals surface area contributed by atoms with Crippen LogP contribution in [0.1, 0.15) is 12.2 Å². The summed E-state index contributed by atoms with van der Waals surface area (Å²) in [6.07, 6.45) is 0.548. The minimum atomic E-state index is -3.93. The second-order valence-electron chi connectivity index (χ2n) is 3.88. The number of aliphatic hydroxyl groups is 1. The Morgan fingerprint density at radius 2 is 2.05 bits per heavy atom. The van der Waals surface area contributed by atoms with Gasteiger partial charge in [0.25, 0.3) is 5.88 Å². The van der Waals surface area contributed by atoms with Crippen LogP contribution in [0.4, 0.5) is 0 Å². The van der Waals surface area contributed by atoms with Crippen LogP contribution < -0.4 is 4.18 Å². The van der Waals surface area contributed by atoms with Crippen LogP contribution in [0.3, 0.4) is 0 Å². The molecule has 20 heavy (non-hydrogen) atoms. The average Bonchev–Trinajstić information content (AvgIpc) is 2.84. The lowest BCUT2D eigenvalue weighted by atomic mass is 10.2. The molecule has 1 aromatic carbocycles. The van der Waals surface area contributed by atoms with Gasteiger partial charge in [0.15, 0.2) is 5.05 Å². The minimum absolute atomic E-state index is 0.0288. The Hall–Kier alpha value is -1.93. The SMILES string of the molecule is O=S(=O)(Oc1cc(CCC(O)=S)on1)c1ccccc1. The number of benzene rings is 1. The first-order valence-electron chi connectivity index (χ1n) is 5.64. The molecule has 0 saturated carbocycles. The summed E-state index contributed by atoms with van der Waals surface area (Å²) in [5, 5.41) is 12.2. The van der Waals surface area contributed by atoms with Crippen molar-refractivity contribution in [3.05, 3.63) is 42.2 Å². The molecule has 0 aliphatic carbocycles. The van der Waals surface area contributed by atoms with Gasteiger partial charge in [-0.3, -0.25) is 0 Å². The fraction of sp³-hybridized carbons (Fsp3) is 0.167. The Balaban J connectivity index is 2.09. The van der Waals surface area contributed by atoms with Gasteiger partial charge in [0, 0.05) is 18.9 Å². The van der Waals surface area contributed by atoms with Gasteiger partial charge in [-0.2, -0.15) is 8.42 Å². The summed E-state index contributed by atoms with van der Waals surface area (Å²) in [5.74, 6) is 0.215. The quantitative estimate of drug-likeness (QED) is 0.646. The van der Waals surface area contributed by atoms with Crippen LogP contribution in [0.5, 0.6) is 5.88 Å². The summed E-state index contributed by atoms with van der Waals surface area (Å²) in [4.78, 5) is 0.0288. The van der Waals surface area contributed by atoms with Crippen molar-refractivity contribution in [3.63, 3.8) is 0 Å². The molecular formula is C12H11NO5S2. The van der Waals surface area contributed by atoms with E-state index in [0.29, 0.717) is 12.2 Å². The van der Waals surface area contributed by atoms with Crippen molar-refractivity contribution >= 4 is 27.4 Å². The smallest absolute Gasteiger partial charge is 0.340 e. The Morgan fingerprint density at radius 3 is 2.70 bits per heavy atom. The lowest BCUT2D eigenvalue weighted by Gasteiger charge is -2.02. The van der Waals surface area contributed by atoms with E-state index in [-0.39, 0.29) is 22.2 Å². The van der Waals surface area contributed by atoms with Crippen molar-refractivity contribution in [2.24, 2.45) is 0 Å². The Bertz CT molecular complexity index is 694. The van der Waals surface area contributed by atoms with Crippen molar-refractivity contribution < 1.29 is 22.2 Å². The van der Waals surface area contributed by atoms with Crippen LogP contribution in [0.25, 0.3) is 0 Å². The van der Waals surface area contributed by atoms with E-state index in [1.54, 1.807) is 18.2 Å². The van der Waals surface area contributed by atoms with Crippen LogP contribution in [-0.4, -0.2) is 23.7 Å². The van der Waals surface area contributed by atoms with Gasteiger partial charge in [0.1, 0.15) is 10.7 Å². The molecule has 0 fully saturated rings. The molecule has 1 N–H and O–H groups in total. The van der Waals surface area contributed by atoms with Crippen molar-refractivity contribution in [2.45, 2.75) is 17.7 Å². The van der Waals surface area contributed by atoms with Gasteiger partial charge in [0.2, 0.25) is 0 Å². The maximum absolute atomic E-state index is 11.9. The first-order valence-corrected chi connectivity index (χ1v) is 7.46. The van der Waals surface area contributed by atoms with Gasteiger partial charge < -0.3 is 13.8 Å². The van der Waals surface area contributed by atoms with E-state index in [1.807, 2.05) is 0 Å². The highest BCUT2D eigenvalue weighted by molar-refractivity contribution is 7.87. The van der Waals surface area contributed by atoms with E-state index < -0.39 is 10.1 Å². The second-order valence-corrected chi connectivity index (χ2v) is 5.89. The Kier molecular flexibility index (Phi) is 4.35. The molecular weight excluding hydrogens is 302 g/mol. The van der Waals surface area contributed by atoms with Crippen molar-refractivity contribution in [1.82, 2.24) is 5.16 Å². The monoisotopic (exact) mass is 313 g/mol. The lowest BCUT2D eigenvalue weighted by molar-refractivity contribution is 0.359. The highest BCUT2D eigenvalue weighted by Gasteiger charge is 2.18. The molecule has 0 amide bonds.